The molecule has 100 valence electrons. The highest BCUT2D eigenvalue weighted by atomic mass is 79.9. The number of halogens is 3. The molecule has 1 saturated heterocycles. The van der Waals surface area contributed by atoms with E-state index in [0.29, 0.717) is 15.6 Å². The Morgan fingerprint density at radius 1 is 1.61 bits per heavy atom. The zero-order chi connectivity index (χ0) is 13.3. The van der Waals surface area contributed by atoms with Gasteiger partial charge in [0.2, 0.25) is 11.0 Å². The number of alkyl halides is 2. The molecule has 2 rings (SSSR count). The van der Waals surface area contributed by atoms with Crippen LogP contribution in [0.2, 0.25) is 0 Å². The van der Waals surface area contributed by atoms with Crippen molar-refractivity contribution >= 4 is 38.3 Å². The summed E-state index contributed by atoms with van der Waals surface area (Å²) in [6.07, 6.45) is 0.184. The zero-order valence-corrected chi connectivity index (χ0v) is 11.9. The molecule has 1 aliphatic heterocycles. The normalized spacial score (nSPS) is 22.9. The van der Waals surface area contributed by atoms with Crippen LogP contribution in [0.25, 0.3) is 0 Å². The van der Waals surface area contributed by atoms with Crippen molar-refractivity contribution < 1.29 is 13.6 Å². The van der Waals surface area contributed by atoms with Gasteiger partial charge in [0, 0.05) is 13.5 Å². The number of hydrogen-bond donors (Lipinski definition) is 1. The molecule has 1 aromatic heterocycles. The Labute approximate surface area is 115 Å². The molecule has 0 saturated carbocycles. The molecule has 18 heavy (non-hydrogen) atoms. The fourth-order valence-corrected chi connectivity index (χ4v) is 2.96. The van der Waals surface area contributed by atoms with Crippen LogP contribution in [0.5, 0.6) is 0 Å². The Hall–Kier alpha value is -0.830. The van der Waals surface area contributed by atoms with Gasteiger partial charge in [-0.2, -0.15) is 0 Å². The van der Waals surface area contributed by atoms with Crippen LogP contribution in [0.4, 0.5) is 13.9 Å². The molecule has 0 spiro atoms. The van der Waals surface area contributed by atoms with Crippen LogP contribution < -0.4 is 10.2 Å². The molecule has 1 atom stereocenters. The van der Waals surface area contributed by atoms with Gasteiger partial charge in [0.25, 0.3) is 5.92 Å². The third kappa shape index (κ3) is 2.94. The molecule has 1 amide bonds. The van der Waals surface area contributed by atoms with Crippen LogP contribution in [-0.2, 0) is 4.79 Å². The fraction of sp³-hybridized carbons (Fsp3) is 0.667. The molecular formula is C9H11BrF2N4OS. The highest BCUT2D eigenvalue weighted by Crippen LogP contribution is 2.32. The highest BCUT2D eigenvalue weighted by molar-refractivity contribution is 9.11. The molecule has 0 bridgehead atoms. The van der Waals surface area contributed by atoms with E-state index in [1.807, 2.05) is 0 Å². The molecule has 1 aliphatic rings. The zero-order valence-electron chi connectivity index (χ0n) is 9.49. The van der Waals surface area contributed by atoms with E-state index < -0.39 is 24.4 Å². The van der Waals surface area contributed by atoms with Crippen LogP contribution >= 0.6 is 27.3 Å². The van der Waals surface area contributed by atoms with Gasteiger partial charge in [-0.3, -0.25) is 4.79 Å². The number of carbonyl (C=O) groups is 1. The Kier molecular flexibility index (Phi) is 3.81. The third-order valence-electron chi connectivity index (χ3n) is 2.64. The molecule has 1 N–H and O–H groups in total. The standard InChI is InChI=1S/C9H11BrF2N4OS/c1-5(17)13-6-2-3-16(4-9(6,11)12)8-15-14-7(10)18-8/h6H,2-4H2,1H3,(H,13,17). The molecular weight excluding hydrogens is 330 g/mol. The maximum absolute atomic E-state index is 13.9. The maximum Gasteiger partial charge on any atom is 0.285 e. The lowest BCUT2D eigenvalue weighted by Crippen LogP contribution is -2.58. The number of piperidine rings is 1. The van der Waals surface area contributed by atoms with E-state index in [4.69, 9.17) is 0 Å². The van der Waals surface area contributed by atoms with E-state index in [9.17, 15) is 13.6 Å². The van der Waals surface area contributed by atoms with Crippen molar-refractivity contribution in [2.24, 2.45) is 0 Å². The highest BCUT2D eigenvalue weighted by Gasteiger charge is 2.45. The summed E-state index contributed by atoms with van der Waals surface area (Å²) in [5.74, 6) is -3.41. The second kappa shape index (κ2) is 5.04. The molecule has 5 nitrogen and oxygen atoms in total. The van der Waals surface area contributed by atoms with Crippen LogP contribution in [0, 0.1) is 0 Å². The van der Waals surface area contributed by atoms with E-state index in [1.165, 1.54) is 23.2 Å². The van der Waals surface area contributed by atoms with Crippen molar-refractivity contribution in [3.05, 3.63) is 3.92 Å². The average Bonchev–Trinajstić information content (AvgIpc) is 2.67. The smallest absolute Gasteiger partial charge is 0.285 e. The number of rotatable bonds is 2. The Bertz CT molecular complexity index is 456. The second-order valence-corrected chi connectivity index (χ2v) is 6.29. The fourth-order valence-electron chi connectivity index (χ4n) is 1.85. The predicted molar refractivity (Wildman–Crippen MR) is 67.0 cm³/mol. The molecule has 1 unspecified atom stereocenters. The second-order valence-electron chi connectivity index (χ2n) is 4.06. The predicted octanol–water partition coefficient (Wildman–Crippen LogP) is 1.65. The summed E-state index contributed by atoms with van der Waals surface area (Å²) in [7, 11) is 0. The van der Waals surface area contributed by atoms with Crippen LogP contribution in [0.1, 0.15) is 13.3 Å². The Morgan fingerprint density at radius 3 is 2.83 bits per heavy atom. The molecule has 0 aromatic carbocycles. The first-order valence-corrected chi connectivity index (χ1v) is 6.88. The largest absolute Gasteiger partial charge is 0.347 e. The SMILES string of the molecule is CC(=O)NC1CCN(c2nnc(Br)s2)CC1(F)F. The number of nitrogens with one attached hydrogen (secondary N) is 1. The first kappa shape index (κ1) is 13.6. The van der Waals surface area contributed by atoms with Gasteiger partial charge in [0.15, 0.2) is 3.92 Å². The number of hydrogen-bond acceptors (Lipinski definition) is 5. The van der Waals surface area contributed by atoms with Crippen LogP contribution in [0.3, 0.4) is 0 Å². The quantitative estimate of drug-likeness (QED) is 0.889. The molecule has 0 radical (unpaired) electrons. The topological polar surface area (TPSA) is 58.1 Å². The van der Waals surface area contributed by atoms with Gasteiger partial charge in [-0.15, -0.1) is 10.2 Å². The first-order valence-electron chi connectivity index (χ1n) is 5.27. The minimum absolute atomic E-state index is 0.184. The van der Waals surface area contributed by atoms with Crippen LogP contribution in [-0.4, -0.2) is 41.2 Å². The van der Waals surface area contributed by atoms with E-state index in [0.717, 1.165) is 0 Å². The maximum atomic E-state index is 13.9. The van der Waals surface area contributed by atoms with E-state index >= 15 is 0 Å². The van der Waals surface area contributed by atoms with Gasteiger partial charge in [-0.05, 0) is 22.4 Å². The van der Waals surface area contributed by atoms with Crippen molar-refractivity contribution in [1.82, 2.24) is 15.5 Å². The van der Waals surface area contributed by atoms with Gasteiger partial charge in [-0.1, -0.05) is 11.3 Å². The van der Waals surface area contributed by atoms with Gasteiger partial charge in [-0.25, -0.2) is 8.78 Å². The lowest BCUT2D eigenvalue weighted by molar-refractivity contribution is -0.124. The lowest BCUT2D eigenvalue weighted by atomic mass is 10.0. The number of nitrogens with zero attached hydrogens (tertiary/aromatic N) is 3. The van der Waals surface area contributed by atoms with E-state index in [2.05, 4.69) is 31.4 Å². The van der Waals surface area contributed by atoms with Gasteiger partial charge >= 0.3 is 0 Å². The van der Waals surface area contributed by atoms with Crippen LogP contribution in [0.15, 0.2) is 3.92 Å². The minimum Gasteiger partial charge on any atom is -0.347 e. The molecule has 9 heteroatoms. The summed E-state index contributed by atoms with van der Waals surface area (Å²) in [5, 5.41) is 10.3. The van der Waals surface area contributed by atoms with E-state index in [-0.39, 0.29) is 6.42 Å². The van der Waals surface area contributed by atoms with E-state index in [1.54, 1.807) is 0 Å². The number of anilines is 1. The molecule has 1 aromatic rings. The minimum atomic E-state index is -2.97. The van der Waals surface area contributed by atoms with Gasteiger partial charge < -0.3 is 10.2 Å². The molecule has 2 heterocycles. The van der Waals surface area contributed by atoms with Gasteiger partial charge in [0.05, 0.1) is 12.6 Å². The van der Waals surface area contributed by atoms with Gasteiger partial charge in [0.1, 0.15) is 0 Å². The third-order valence-corrected chi connectivity index (χ3v) is 4.05. The van der Waals surface area contributed by atoms with Crippen molar-refractivity contribution in [3.63, 3.8) is 0 Å². The first-order chi connectivity index (χ1) is 8.38. The summed E-state index contributed by atoms with van der Waals surface area (Å²) >= 11 is 4.36. The number of amides is 1. The molecule has 0 aliphatic carbocycles. The summed E-state index contributed by atoms with van der Waals surface area (Å²) in [4.78, 5) is 12.4. The molecule has 1 fully saturated rings. The van der Waals surface area contributed by atoms with Crippen molar-refractivity contribution in [2.75, 3.05) is 18.0 Å². The number of carbonyl (C=O) groups excluding carboxylic acids is 1. The average molecular weight is 341 g/mol. The monoisotopic (exact) mass is 340 g/mol. The van der Waals surface area contributed by atoms with Crippen molar-refractivity contribution in [1.29, 1.82) is 0 Å². The summed E-state index contributed by atoms with van der Waals surface area (Å²) < 4.78 is 28.3. The summed E-state index contributed by atoms with van der Waals surface area (Å²) in [6.45, 7) is 1.20. The summed E-state index contributed by atoms with van der Waals surface area (Å²) in [5.41, 5.74) is 0. The lowest BCUT2D eigenvalue weighted by Gasteiger charge is -2.38. The Balaban J connectivity index is 2.07. The summed E-state index contributed by atoms with van der Waals surface area (Å²) in [6, 6.07) is -1.11. The van der Waals surface area contributed by atoms with Crippen molar-refractivity contribution in [2.45, 2.75) is 25.3 Å². The number of aromatic nitrogens is 2. The Morgan fingerprint density at radius 2 is 2.33 bits per heavy atom. The van der Waals surface area contributed by atoms with Crippen molar-refractivity contribution in [3.8, 4) is 0 Å².